The molecule has 1 saturated heterocycles. The first-order valence-electron chi connectivity index (χ1n) is 6.29. The summed E-state index contributed by atoms with van der Waals surface area (Å²) in [5, 5.41) is 3.41. The Labute approximate surface area is 89.1 Å². The summed E-state index contributed by atoms with van der Waals surface area (Å²) in [6.07, 6.45) is 7.00. The minimum Gasteiger partial charge on any atom is -0.317 e. The lowest BCUT2D eigenvalue weighted by Gasteiger charge is -2.27. The van der Waals surface area contributed by atoms with Crippen molar-refractivity contribution in [3.05, 3.63) is 0 Å². The van der Waals surface area contributed by atoms with Gasteiger partial charge in [-0.3, -0.25) is 0 Å². The van der Waals surface area contributed by atoms with Crippen molar-refractivity contribution in [2.75, 3.05) is 26.2 Å². The Morgan fingerprint density at radius 3 is 2.36 bits per heavy atom. The molecule has 0 radical (unpaired) electrons. The monoisotopic (exact) mass is 198 g/mol. The SMILES string of the molecule is CCNCCC(C)N1CCCCCC1. The number of hydrogen-bond donors (Lipinski definition) is 1. The molecule has 1 atom stereocenters. The second kappa shape index (κ2) is 7.24. The minimum absolute atomic E-state index is 0.771. The quantitative estimate of drug-likeness (QED) is 0.682. The van der Waals surface area contributed by atoms with Gasteiger partial charge in [-0.15, -0.1) is 0 Å². The van der Waals surface area contributed by atoms with Crippen LogP contribution in [-0.2, 0) is 0 Å². The molecule has 0 aromatic carbocycles. The van der Waals surface area contributed by atoms with Gasteiger partial charge in [0, 0.05) is 6.04 Å². The zero-order chi connectivity index (χ0) is 10.2. The van der Waals surface area contributed by atoms with Gasteiger partial charge in [0.15, 0.2) is 0 Å². The Kier molecular flexibility index (Phi) is 6.20. The minimum atomic E-state index is 0.771. The molecule has 0 aliphatic carbocycles. The summed E-state index contributed by atoms with van der Waals surface area (Å²) in [5.74, 6) is 0. The zero-order valence-electron chi connectivity index (χ0n) is 9.89. The highest BCUT2D eigenvalue weighted by atomic mass is 15.1. The Morgan fingerprint density at radius 1 is 1.14 bits per heavy atom. The van der Waals surface area contributed by atoms with Gasteiger partial charge in [-0.05, 0) is 52.4 Å². The van der Waals surface area contributed by atoms with Gasteiger partial charge in [0.2, 0.25) is 0 Å². The maximum absolute atomic E-state index is 3.41. The molecule has 0 saturated carbocycles. The molecule has 0 amide bonds. The molecule has 1 fully saturated rings. The van der Waals surface area contributed by atoms with Gasteiger partial charge in [-0.1, -0.05) is 19.8 Å². The van der Waals surface area contributed by atoms with Crippen LogP contribution < -0.4 is 5.32 Å². The standard InChI is InChI=1S/C12H26N2/c1-3-13-9-8-12(2)14-10-6-4-5-7-11-14/h12-13H,3-11H2,1-2H3. The van der Waals surface area contributed by atoms with Gasteiger partial charge in [0.1, 0.15) is 0 Å². The first-order chi connectivity index (χ1) is 6.84. The molecule has 2 heteroatoms. The lowest BCUT2D eigenvalue weighted by Crippen LogP contribution is -2.36. The molecular formula is C12H26N2. The van der Waals surface area contributed by atoms with Crippen molar-refractivity contribution < 1.29 is 0 Å². The van der Waals surface area contributed by atoms with Crippen LogP contribution in [0.5, 0.6) is 0 Å². The third kappa shape index (κ3) is 4.43. The highest BCUT2D eigenvalue weighted by molar-refractivity contribution is 4.70. The summed E-state index contributed by atoms with van der Waals surface area (Å²) >= 11 is 0. The van der Waals surface area contributed by atoms with Crippen LogP contribution in [0.25, 0.3) is 0 Å². The van der Waals surface area contributed by atoms with Crippen LogP contribution in [0.1, 0.15) is 46.0 Å². The predicted molar refractivity (Wildman–Crippen MR) is 62.7 cm³/mol. The summed E-state index contributed by atoms with van der Waals surface area (Å²) < 4.78 is 0. The lowest BCUT2D eigenvalue weighted by atomic mass is 10.2. The molecule has 0 aromatic heterocycles. The first-order valence-corrected chi connectivity index (χ1v) is 6.29. The van der Waals surface area contributed by atoms with E-state index in [2.05, 4.69) is 24.1 Å². The average Bonchev–Trinajstić information content (AvgIpc) is 2.46. The Bertz CT molecular complexity index is 128. The van der Waals surface area contributed by atoms with Crippen LogP contribution in [0.2, 0.25) is 0 Å². The van der Waals surface area contributed by atoms with E-state index < -0.39 is 0 Å². The maximum atomic E-state index is 3.41. The second-order valence-corrected chi connectivity index (χ2v) is 4.44. The summed E-state index contributed by atoms with van der Waals surface area (Å²) in [6, 6.07) is 0.771. The molecule has 14 heavy (non-hydrogen) atoms. The van der Waals surface area contributed by atoms with Crippen LogP contribution >= 0.6 is 0 Å². The normalized spacial score (nSPS) is 21.9. The fourth-order valence-electron chi connectivity index (χ4n) is 2.21. The van der Waals surface area contributed by atoms with E-state index in [9.17, 15) is 0 Å². The van der Waals surface area contributed by atoms with Crippen molar-refractivity contribution in [1.29, 1.82) is 0 Å². The van der Waals surface area contributed by atoms with Gasteiger partial charge in [-0.25, -0.2) is 0 Å². The molecule has 0 bridgehead atoms. The van der Waals surface area contributed by atoms with E-state index in [0.717, 1.165) is 12.6 Å². The van der Waals surface area contributed by atoms with Crippen molar-refractivity contribution in [1.82, 2.24) is 10.2 Å². The molecule has 84 valence electrons. The Hall–Kier alpha value is -0.0800. The van der Waals surface area contributed by atoms with Gasteiger partial charge in [0.05, 0.1) is 0 Å². The smallest absolute Gasteiger partial charge is 0.00790 e. The maximum Gasteiger partial charge on any atom is 0.00790 e. The second-order valence-electron chi connectivity index (χ2n) is 4.44. The average molecular weight is 198 g/mol. The van der Waals surface area contributed by atoms with Crippen molar-refractivity contribution in [3.63, 3.8) is 0 Å². The lowest BCUT2D eigenvalue weighted by molar-refractivity contribution is 0.207. The van der Waals surface area contributed by atoms with Gasteiger partial charge >= 0.3 is 0 Å². The summed E-state index contributed by atoms with van der Waals surface area (Å²) in [7, 11) is 0. The molecule has 1 heterocycles. The van der Waals surface area contributed by atoms with Crippen molar-refractivity contribution in [2.45, 2.75) is 52.0 Å². The third-order valence-electron chi connectivity index (χ3n) is 3.25. The highest BCUT2D eigenvalue weighted by Gasteiger charge is 2.14. The van der Waals surface area contributed by atoms with Crippen LogP contribution in [0.15, 0.2) is 0 Å². The molecule has 1 aliphatic rings. The number of hydrogen-bond acceptors (Lipinski definition) is 2. The third-order valence-corrected chi connectivity index (χ3v) is 3.25. The summed E-state index contributed by atoms with van der Waals surface area (Å²) in [5.41, 5.74) is 0. The number of likely N-dealkylation sites (tertiary alicyclic amines) is 1. The molecule has 1 unspecified atom stereocenters. The Morgan fingerprint density at radius 2 is 1.79 bits per heavy atom. The van der Waals surface area contributed by atoms with Crippen molar-refractivity contribution in [2.24, 2.45) is 0 Å². The zero-order valence-corrected chi connectivity index (χ0v) is 9.89. The van der Waals surface area contributed by atoms with E-state index in [-0.39, 0.29) is 0 Å². The van der Waals surface area contributed by atoms with E-state index in [1.807, 2.05) is 0 Å². The number of nitrogens with zero attached hydrogens (tertiary/aromatic N) is 1. The number of nitrogens with one attached hydrogen (secondary N) is 1. The predicted octanol–water partition coefficient (Wildman–Crippen LogP) is 2.25. The van der Waals surface area contributed by atoms with Crippen molar-refractivity contribution >= 4 is 0 Å². The topological polar surface area (TPSA) is 15.3 Å². The van der Waals surface area contributed by atoms with E-state index >= 15 is 0 Å². The fraction of sp³-hybridized carbons (Fsp3) is 1.00. The van der Waals surface area contributed by atoms with E-state index in [0.29, 0.717) is 0 Å². The van der Waals surface area contributed by atoms with Gasteiger partial charge in [0.25, 0.3) is 0 Å². The Balaban J connectivity index is 2.16. The molecular weight excluding hydrogens is 172 g/mol. The summed E-state index contributed by atoms with van der Waals surface area (Å²) in [4.78, 5) is 2.67. The van der Waals surface area contributed by atoms with Crippen LogP contribution in [-0.4, -0.2) is 37.1 Å². The largest absolute Gasteiger partial charge is 0.317 e. The first kappa shape index (κ1) is 12.0. The van der Waals surface area contributed by atoms with E-state index in [1.165, 1.54) is 51.7 Å². The van der Waals surface area contributed by atoms with Crippen molar-refractivity contribution in [3.8, 4) is 0 Å². The van der Waals surface area contributed by atoms with Gasteiger partial charge < -0.3 is 10.2 Å². The molecule has 2 nitrogen and oxygen atoms in total. The fourth-order valence-corrected chi connectivity index (χ4v) is 2.21. The molecule has 0 spiro atoms. The van der Waals surface area contributed by atoms with Crippen LogP contribution in [0.4, 0.5) is 0 Å². The van der Waals surface area contributed by atoms with E-state index in [4.69, 9.17) is 0 Å². The highest BCUT2D eigenvalue weighted by Crippen LogP contribution is 2.13. The number of rotatable bonds is 5. The van der Waals surface area contributed by atoms with Crippen LogP contribution in [0, 0.1) is 0 Å². The molecule has 1 N–H and O–H groups in total. The van der Waals surface area contributed by atoms with Gasteiger partial charge in [-0.2, -0.15) is 0 Å². The molecule has 1 rings (SSSR count). The summed E-state index contributed by atoms with van der Waals surface area (Å²) in [6.45, 7) is 9.49. The van der Waals surface area contributed by atoms with E-state index in [1.54, 1.807) is 0 Å². The van der Waals surface area contributed by atoms with Crippen LogP contribution in [0.3, 0.4) is 0 Å². The molecule has 0 aromatic rings. The molecule has 1 aliphatic heterocycles.